The molecule has 2 aromatic rings. The average molecular weight is 283 g/mol. The molecule has 2 heterocycles. The molecule has 0 saturated carbocycles. The zero-order chi connectivity index (χ0) is 14.7. The normalized spacial score (nSPS) is 16.3. The smallest absolute Gasteiger partial charge is 0.239 e. The van der Waals surface area contributed by atoms with E-state index >= 15 is 0 Å². The lowest BCUT2D eigenvalue weighted by atomic mass is 10.1. The summed E-state index contributed by atoms with van der Waals surface area (Å²) in [6, 6.07) is 8.05. The van der Waals surface area contributed by atoms with Gasteiger partial charge in [0.1, 0.15) is 0 Å². The Bertz CT molecular complexity index is 629. The Labute approximate surface area is 125 Å². The summed E-state index contributed by atoms with van der Waals surface area (Å²) >= 11 is 0. The fourth-order valence-corrected chi connectivity index (χ4v) is 2.88. The van der Waals surface area contributed by atoms with Gasteiger partial charge in [0.05, 0.1) is 6.04 Å². The van der Waals surface area contributed by atoms with Gasteiger partial charge in [-0.25, -0.2) is 0 Å². The lowest BCUT2D eigenvalue weighted by molar-refractivity contribution is -0.131. The number of carbonyl (C=O) groups is 1. The van der Waals surface area contributed by atoms with Crippen LogP contribution in [0, 0.1) is 0 Å². The molecule has 4 nitrogen and oxygen atoms in total. The number of amides is 1. The first-order valence-electron chi connectivity index (χ1n) is 7.59. The van der Waals surface area contributed by atoms with Gasteiger partial charge in [0.25, 0.3) is 0 Å². The maximum absolute atomic E-state index is 12.3. The third kappa shape index (κ3) is 3.05. The van der Waals surface area contributed by atoms with E-state index in [0.717, 1.165) is 36.9 Å². The summed E-state index contributed by atoms with van der Waals surface area (Å²) in [5.74, 6) is 0.209. The number of hydrogen-bond donors (Lipinski definition) is 1. The Morgan fingerprint density at radius 1 is 1.29 bits per heavy atom. The molecule has 0 bridgehead atoms. The second kappa shape index (κ2) is 6.22. The van der Waals surface area contributed by atoms with Crippen LogP contribution in [0.3, 0.4) is 0 Å². The number of hydrogen-bond acceptors (Lipinski definition) is 3. The number of pyridine rings is 1. The molecule has 21 heavy (non-hydrogen) atoms. The van der Waals surface area contributed by atoms with E-state index in [2.05, 4.69) is 22.4 Å². The predicted octanol–water partition coefficient (Wildman–Crippen LogP) is 2.34. The maximum Gasteiger partial charge on any atom is 0.239 e. The van der Waals surface area contributed by atoms with Gasteiger partial charge in [-0.05, 0) is 30.7 Å². The molecule has 1 aliphatic rings. The van der Waals surface area contributed by atoms with Gasteiger partial charge >= 0.3 is 0 Å². The molecule has 1 fully saturated rings. The predicted molar refractivity (Wildman–Crippen MR) is 83.9 cm³/mol. The minimum atomic E-state index is -0.151. The van der Waals surface area contributed by atoms with Crippen molar-refractivity contribution in [1.29, 1.82) is 0 Å². The van der Waals surface area contributed by atoms with Crippen LogP contribution in [0.4, 0.5) is 0 Å². The van der Waals surface area contributed by atoms with E-state index < -0.39 is 0 Å². The Morgan fingerprint density at radius 3 is 2.86 bits per heavy atom. The Kier molecular flexibility index (Phi) is 4.15. The van der Waals surface area contributed by atoms with Crippen molar-refractivity contribution >= 4 is 16.7 Å². The van der Waals surface area contributed by atoms with Gasteiger partial charge in [-0.3, -0.25) is 9.78 Å². The van der Waals surface area contributed by atoms with E-state index in [1.807, 2.05) is 36.4 Å². The molecule has 1 unspecified atom stereocenters. The van der Waals surface area contributed by atoms with Gasteiger partial charge in [-0.15, -0.1) is 0 Å². The van der Waals surface area contributed by atoms with Crippen molar-refractivity contribution in [2.24, 2.45) is 0 Å². The second-order valence-corrected chi connectivity index (χ2v) is 5.65. The molecule has 110 valence electrons. The molecular formula is C17H21N3O. The second-order valence-electron chi connectivity index (χ2n) is 5.65. The molecular weight excluding hydrogens is 262 g/mol. The SMILES string of the molecule is CC(NCc1cncc2ccccc12)C(=O)N1CCCC1. The minimum Gasteiger partial charge on any atom is -0.341 e. The molecule has 1 atom stereocenters. The van der Waals surface area contributed by atoms with E-state index in [-0.39, 0.29) is 11.9 Å². The van der Waals surface area contributed by atoms with Crippen LogP contribution in [0.2, 0.25) is 0 Å². The van der Waals surface area contributed by atoms with E-state index in [4.69, 9.17) is 0 Å². The number of benzene rings is 1. The fraction of sp³-hybridized carbons (Fsp3) is 0.412. The highest BCUT2D eigenvalue weighted by Gasteiger charge is 2.22. The quantitative estimate of drug-likeness (QED) is 0.936. The molecule has 0 radical (unpaired) electrons. The van der Waals surface area contributed by atoms with Crippen LogP contribution in [0.5, 0.6) is 0 Å². The van der Waals surface area contributed by atoms with Crippen LogP contribution in [0.1, 0.15) is 25.3 Å². The number of rotatable bonds is 4. The number of nitrogens with one attached hydrogen (secondary N) is 1. The molecule has 0 aliphatic carbocycles. The average Bonchev–Trinajstić information content (AvgIpc) is 3.06. The van der Waals surface area contributed by atoms with Gasteiger partial charge in [0, 0.05) is 37.4 Å². The van der Waals surface area contributed by atoms with Crippen molar-refractivity contribution in [2.45, 2.75) is 32.4 Å². The number of aromatic nitrogens is 1. The lowest BCUT2D eigenvalue weighted by Gasteiger charge is -2.21. The Hall–Kier alpha value is -1.94. The highest BCUT2D eigenvalue weighted by Crippen LogP contribution is 2.17. The monoisotopic (exact) mass is 283 g/mol. The topological polar surface area (TPSA) is 45.2 Å². The van der Waals surface area contributed by atoms with E-state index in [9.17, 15) is 4.79 Å². The van der Waals surface area contributed by atoms with Crippen LogP contribution in [-0.4, -0.2) is 34.9 Å². The molecule has 1 saturated heterocycles. The summed E-state index contributed by atoms with van der Waals surface area (Å²) in [6.07, 6.45) is 6.01. The molecule has 4 heteroatoms. The van der Waals surface area contributed by atoms with Crippen molar-refractivity contribution in [2.75, 3.05) is 13.1 Å². The van der Waals surface area contributed by atoms with Gasteiger partial charge in [-0.1, -0.05) is 24.3 Å². The molecule has 1 aliphatic heterocycles. The highest BCUT2D eigenvalue weighted by atomic mass is 16.2. The number of nitrogens with zero attached hydrogens (tertiary/aromatic N) is 2. The first kappa shape index (κ1) is 14.0. The van der Waals surface area contributed by atoms with Gasteiger partial charge < -0.3 is 10.2 Å². The van der Waals surface area contributed by atoms with Crippen LogP contribution in [-0.2, 0) is 11.3 Å². The highest BCUT2D eigenvalue weighted by molar-refractivity contribution is 5.85. The third-order valence-corrected chi connectivity index (χ3v) is 4.14. The standard InChI is InChI=1S/C17H21N3O/c1-13(17(21)20-8-4-5-9-20)19-12-15-11-18-10-14-6-2-3-7-16(14)15/h2-3,6-7,10-11,13,19H,4-5,8-9,12H2,1H3. The summed E-state index contributed by atoms with van der Waals surface area (Å²) in [5, 5.41) is 5.67. The van der Waals surface area contributed by atoms with Crippen LogP contribution in [0.25, 0.3) is 10.8 Å². The molecule has 0 spiro atoms. The lowest BCUT2D eigenvalue weighted by Crippen LogP contribution is -2.43. The molecule has 1 aromatic carbocycles. The van der Waals surface area contributed by atoms with Crippen LogP contribution in [0.15, 0.2) is 36.7 Å². The van der Waals surface area contributed by atoms with Crippen molar-refractivity contribution in [3.63, 3.8) is 0 Å². The summed E-state index contributed by atoms with van der Waals surface area (Å²) in [7, 11) is 0. The fourth-order valence-electron chi connectivity index (χ4n) is 2.88. The first-order chi connectivity index (χ1) is 10.3. The van der Waals surface area contributed by atoms with E-state index in [1.54, 1.807) is 0 Å². The summed E-state index contributed by atoms with van der Waals surface area (Å²) in [6.45, 7) is 4.41. The van der Waals surface area contributed by atoms with Gasteiger partial charge in [0.15, 0.2) is 0 Å². The van der Waals surface area contributed by atoms with Crippen molar-refractivity contribution in [3.05, 3.63) is 42.2 Å². The number of carbonyl (C=O) groups excluding carboxylic acids is 1. The van der Waals surface area contributed by atoms with Gasteiger partial charge in [0.2, 0.25) is 5.91 Å². The van der Waals surface area contributed by atoms with Crippen molar-refractivity contribution in [1.82, 2.24) is 15.2 Å². The van der Waals surface area contributed by atoms with Crippen molar-refractivity contribution in [3.8, 4) is 0 Å². The van der Waals surface area contributed by atoms with Crippen LogP contribution >= 0.6 is 0 Å². The zero-order valence-electron chi connectivity index (χ0n) is 12.4. The van der Waals surface area contributed by atoms with Gasteiger partial charge in [-0.2, -0.15) is 0 Å². The third-order valence-electron chi connectivity index (χ3n) is 4.14. The molecule has 1 N–H and O–H groups in total. The molecule has 1 amide bonds. The van der Waals surface area contributed by atoms with E-state index in [1.165, 1.54) is 5.39 Å². The molecule has 3 rings (SSSR count). The van der Waals surface area contributed by atoms with Crippen LogP contribution < -0.4 is 5.32 Å². The minimum absolute atomic E-state index is 0.151. The molecule has 1 aromatic heterocycles. The van der Waals surface area contributed by atoms with Crippen molar-refractivity contribution < 1.29 is 4.79 Å². The maximum atomic E-state index is 12.3. The van der Waals surface area contributed by atoms with E-state index in [0.29, 0.717) is 6.54 Å². The Morgan fingerprint density at radius 2 is 2.05 bits per heavy atom. The number of likely N-dealkylation sites (tertiary alicyclic amines) is 1. The number of fused-ring (bicyclic) bond motifs is 1. The zero-order valence-corrected chi connectivity index (χ0v) is 12.4. The largest absolute Gasteiger partial charge is 0.341 e. The summed E-state index contributed by atoms with van der Waals surface area (Å²) in [5.41, 5.74) is 1.13. The first-order valence-corrected chi connectivity index (χ1v) is 7.59. The summed E-state index contributed by atoms with van der Waals surface area (Å²) in [4.78, 5) is 18.5. The summed E-state index contributed by atoms with van der Waals surface area (Å²) < 4.78 is 0. The Balaban J connectivity index is 1.67.